The fraction of sp³-hybridized carbons (Fsp3) is 0.644. The number of ether oxygens (including phenoxy) is 2. The number of hydrogen-bond donors (Lipinski definition) is 2. The molecule has 3 N–H and O–H groups in total. The Balaban J connectivity index is 3.95. The van der Waals surface area contributed by atoms with Crippen LogP contribution in [0.4, 0.5) is 0 Å². The van der Waals surface area contributed by atoms with Crippen LogP contribution in [0.5, 0.6) is 0 Å². The summed E-state index contributed by atoms with van der Waals surface area (Å²) in [6, 6.07) is 0. The summed E-state index contributed by atoms with van der Waals surface area (Å²) in [7, 11) is -4.40. The number of hydrogen-bond acceptors (Lipinski definition) is 8. The maximum atomic E-state index is 12.8. The maximum Gasteiger partial charge on any atom is 0.472 e. The number of phosphoric acid groups is 1. The minimum Gasteiger partial charge on any atom is -0.462 e. The van der Waals surface area contributed by atoms with Gasteiger partial charge >= 0.3 is 19.8 Å². The highest BCUT2D eigenvalue weighted by Crippen LogP contribution is 2.43. The van der Waals surface area contributed by atoms with E-state index < -0.39 is 26.5 Å². The number of carbonyl (C=O) groups is 2. The molecule has 0 rings (SSSR count). The minimum atomic E-state index is -4.40. The Morgan fingerprint density at radius 3 is 0.928 bits per heavy atom. The van der Waals surface area contributed by atoms with Crippen LogP contribution in [0.25, 0.3) is 0 Å². The van der Waals surface area contributed by atoms with Crippen LogP contribution in [0.3, 0.4) is 0 Å². The standard InChI is InChI=1S/C73H122NO8P/c1-3-5-7-9-11-13-15-17-19-21-23-25-27-29-31-33-35-37-39-41-43-45-47-49-51-53-55-57-59-61-63-65-72(75)79-69-71(70-81-83(77,78)80-68-67-74)82-73(76)66-64-62-60-58-56-54-52-50-48-46-44-42-40-38-36-34-32-30-28-26-24-22-20-18-16-14-12-10-8-6-4-2/h5-8,11-14,17-20,23-26,29-32,35-38,71H,3-4,9-10,15-16,21-22,27-28,33-34,39-70,74H2,1-2H3,(H,77,78)/b7-5-,8-6-,13-11-,14-12-,19-17-,20-18-,25-23-,26-24-,31-29-,32-30-,37-35-,38-36-. The number of allylic oxidation sites excluding steroid dienone is 24. The third-order valence-corrected chi connectivity index (χ3v) is 14.7. The number of phosphoric ester groups is 1. The molecule has 0 heterocycles. The quantitative estimate of drug-likeness (QED) is 0.0264. The normalized spacial score (nSPS) is 13.9. The molecule has 0 radical (unpaired) electrons. The molecule has 0 amide bonds. The Kier molecular flexibility index (Phi) is 63.7. The number of rotatable bonds is 61. The highest BCUT2D eigenvalue weighted by Gasteiger charge is 2.26. The van der Waals surface area contributed by atoms with Gasteiger partial charge in [-0.15, -0.1) is 0 Å². The predicted octanol–water partition coefficient (Wildman–Crippen LogP) is 21.9. The Hall–Kier alpha value is -4.11. The second kappa shape index (κ2) is 67.0. The number of carbonyl (C=O) groups excluding carboxylic acids is 2. The molecule has 0 fully saturated rings. The van der Waals surface area contributed by atoms with Crippen LogP contribution < -0.4 is 5.73 Å². The van der Waals surface area contributed by atoms with E-state index in [1.807, 2.05) is 0 Å². The molecule has 472 valence electrons. The molecule has 0 saturated heterocycles. The molecule has 0 spiro atoms. The summed E-state index contributed by atoms with van der Waals surface area (Å²) in [6.07, 6.45) is 96.3. The lowest BCUT2D eigenvalue weighted by Gasteiger charge is -2.19. The van der Waals surface area contributed by atoms with Crippen LogP contribution >= 0.6 is 7.82 Å². The summed E-state index contributed by atoms with van der Waals surface area (Å²) in [5.41, 5.74) is 5.40. The van der Waals surface area contributed by atoms with Crippen molar-refractivity contribution in [2.45, 2.75) is 277 Å². The Labute approximate surface area is 509 Å². The summed E-state index contributed by atoms with van der Waals surface area (Å²) < 4.78 is 33.2. The van der Waals surface area contributed by atoms with E-state index in [9.17, 15) is 19.0 Å². The van der Waals surface area contributed by atoms with Gasteiger partial charge in [-0.2, -0.15) is 0 Å². The Morgan fingerprint density at radius 1 is 0.361 bits per heavy atom. The third kappa shape index (κ3) is 66.9. The van der Waals surface area contributed by atoms with E-state index in [-0.39, 0.29) is 38.6 Å². The van der Waals surface area contributed by atoms with Gasteiger partial charge in [0.1, 0.15) is 6.61 Å². The van der Waals surface area contributed by atoms with Crippen LogP contribution in [0.15, 0.2) is 146 Å². The molecule has 0 aliphatic carbocycles. The van der Waals surface area contributed by atoms with Crippen molar-refractivity contribution < 1.29 is 37.6 Å². The van der Waals surface area contributed by atoms with Gasteiger partial charge in [-0.3, -0.25) is 18.6 Å². The second-order valence-corrected chi connectivity index (χ2v) is 23.0. The molecule has 10 heteroatoms. The zero-order valence-corrected chi connectivity index (χ0v) is 53.8. The first-order chi connectivity index (χ1) is 40.8. The summed E-state index contributed by atoms with van der Waals surface area (Å²) in [5.74, 6) is -0.835. The molecule has 0 aromatic carbocycles. The monoisotopic (exact) mass is 1170 g/mol. The van der Waals surface area contributed by atoms with Gasteiger partial charge in [-0.1, -0.05) is 288 Å². The van der Waals surface area contributed by atoms with Crippen molar-refractivity contribution in [3.63, 3.8) is 0 Å². The molecule has 0 aromatic rings. The van der Waals surface area contributed by atoms with Crippen molar-refractivity contribution >= 4 is 19.8 Å². The molecule has 83 heavy (non-hydrogen) atoms. The van der Waals surface area contributed by atoms with Crippen molar-refractivity contribution in [1.29, 1.82) is 0 Å². The van der Waals surface area contributed by atoms with E-state index in [1.165, 1.54) is 116 Å². The highest BCUT2D eigenvalue weighted by atomic mass is 31.2. The van der Waals surface area contributed by atoms with E-state index in [0.717, 1.165) is 122 Å². The summed E-state index contributed by atoms with van der Waals surface area (Å²) >= 11 is 0. The topological polar surface area (TPSA) is 134 Å². The fourth-order valence-electron chi connectivity index (χ4n) is 8.88. The minimum absolute atomic E-state index is 0.0466. The van der Waals surface area contributed by atoms with Crippen molar-refractivity contribution in [1.82, 2.24) is 0 Å². The predicted molar refractivity (Wildman–Crippen MR) is 357 cm³/mol. The zero-order valence-electron chi connectivity index (χ0n) is 52.9. The molecular weight excluding hydrogens is 1050 g/mol. The van der Waals surface area contributed by atoms with Gasteiger partial charge in [0.2, 0.25) is 0 Å². The van der Waals surface area contributed by atoms with Gasteiger partial charge in [0, 0.05) is 19.4 Å². The first-order valence-electron chi connectivity index (χ1n) is 33.3. The SMILES string of the molecule is CC/C=C\C/C=C\C/C=C\C/C=C\C/C=C\C/C=C\CCCCCCCCCCCCCCC(=O)OCC(COP(=O)(O)OCCN)OC(=O)CCCCCCCCCCCCCC/C=C\C/C=C\C/C=C\C/C=C\C/C=C\C/C=C\CC. The van der Waals surface area contributed by atoms with Crippen molar-refractivity contribution in [2.24, 2.45) is 5.73 Å². The van der Waals surface area contributed by atoms with Crippen molar-refractivity contribution in [3.8, 4) is 0 Å². The van der Waals surface area contributed by atoms with Gasteiger partial charge in [0.05, 0.1) is 13.2 Å². The summed E-state index contributed by atoms with van der Waals surface area (Å²) in [5, 5.41) is 0. The van der Waals surface area contributed by atoms with E-state index in [0.29, 0.717) is 6.42 Å². The van der Waals surface area contributed by atoms with Gasteiger partial charge in [-0.05, 0) is 116 Å². The molecule has 0 saturated carbocycles. The van der Waals surface area contributed by atoms with Gasteiger partial charge in [-0.25, -0.2) is 4.57 Å². The van der Waals surface area contributed by atoms with E-state index >= 15 is 0 Å². The average Bonchev–Trinajstić information content (AvgIpc) is 3.48. The van der Waals surface area contributed by atoms with Crippen LogP contribution in [-0.2, 0) is 32.7 Å². The molecule has 0 aromatic heterocycles. The van der Waals surface area contributed by atoms with Crippen molar-refractivity contribution in [2.75, 3.05) is 26.4 Å². The van der Waals surface area contributed by atoms with Gasteiger partial charge in [0.25, 0.3) is 0 Å². The van der Waals surface area contributed by atoms with Crippen LogP contribution in [0.1, 0.15) is 271 Å². The zero-order chi connectivity index (χ0) is 60.1. The third-order valence-electron chi connectivity index (χ3n) is 13.7. The number of nitrogens with two attached hydrogens (primary N) is 1. The molecule has 2 unspecified atom stereocenters. The molecule has 0 bridgehead atoms. The van der Waals surface area contributed by atoms with Crippen LogP contribution in [0.2, 0.25) is 0 Å². The fourth-order valence-corrected chi connectivity index (χ4v) is 9.64. The van der Waals surface area contributed by atoms with E-state index in [4.69, 9.17) is 24.3 Å². The maximum absolute atomic E-state index is 12.8. The first-order valence-corrected chi connectivity index (χ1v) is 34.8. The van der Waals surface area contributed by atoms with Crippen LogP contribution in [-0.4, -0.2) is 49.3 Å². The number of unbranched alkanes of at least 4 members (excludes halogenated alkanes) is 24. The van der Waals surface area contributed by atoms with E-state index in [2.05, 4.69) is 160 Å². The largest absolute Gasteiger partial charge is 0.472 e. The van der Waals surface area contributed by atoms with Crippen molar-refractivity contribution in [3.05, 3.63) is 146 Å². The average molecular weight is 1170 g/mol. The molecule has 0 aliphatic heterocycles. The molecule has 2 atom stereocenters. The molecular formula is C73H122NO8P. The Bertz CT molecular complexity index is 1870. The van der Waals surface area contributed by atoms with Gasteiger partial charge in [0.15, 0.2) is 6.10 Å². The molecule has 9 nitrogen and oxygen atoms in total. The summed E-state index contributed by atoms with van der Waals surface area (Å²) in [6.45, 7) is 3.52. The second-order valence-electron chi connectivity index (χ2n) is 21.6. The van der Waals surface area contributed by atoms with Gasteiger partial charge < -0.3 is 20.1 Å². The Morgan fingerprint density at radius 2 is 0.627 bits per heavy atom. The lowest BCUT2D eigenvalue weighted by molar-refractivity contribution is -0.161. The first kappa shape index (κ1) is 78.9. The number of esters is 2. The lowest BCUT2D eigenvalue weighted by atomic mass is 10.0. The smallest absolute Gasteiger partial charge is 0.462 e. The lowest BCUT2D eigenvalue weighted by Crippen LogP contribution is -2.29. The highest BCUT2D eigenvalue weighted by molar-refractivity contribution is 7.47. The van der Waals surface area contributed by atoms with E-state index in [1.54, 1.807) is 0 Å². The summed E-state index contributed by atoms with van der Waals surface area (Å²) in [4.78, 5) is 35.3. The van der Waals surface area contributed by atoms with Crippen LogP contribution in [0, 0.1) is 0 Å². The molecule has 0 aliphatic rings.